The molecule has 166 valence electrons. The first-order chi connectivity index (χ1) is 15.9. The molecule has 0 fully saturated rings. The van der Waals surface area contributed by atoms with Gasteiger partial charge in [0, 0.05) is 5.69 Å². The van der Waals surface area contributed by atoms with E-state index < -0.39 is 15.9 Å². The van der Waals surface area contributed by atoms with E-state index >= 15 is 0 Å². The predicted octanol–water partition coefficient (Wildman–Crippen LogP) is 6.19. The number of hydrogen-bond donors (Lipinski definition) is 2. The third-order valence-corrected chi connectivity index (χ3v) is 6.35. The van der Waals surface area contributed by atoms with Crippen molar-refractivity contribution >= 4 is 38.9 Å². The van der Waals surface area contributed by atoms with Crippen LogP contribution in [0.15, 0.2) is 108 Å². The highest BCUT2D eigenvalue weighted by Gasteiger charge is 2.18. The lowest BCUT2D eigenvalue weighted by molar-refractivity contribution is 0.102. The van der Waals surface area contributed by atoms with Gasteiger partial charge >= 0.3 is 0 Å². The number of para-hydroxylation sites is 3. The van der Waals surface area contributed by atoms with Gasteiger partial charge in [0.05, 0.1) is 21.2 Å². The van der Waals surface area contributed by atoms with E-state index in [2.05, 4.69) is 10.0 Å². The van der Waals surface area contributed by atoms with Crippen molar-refractivity contribution in [2.45, 2.75) is 4.90 Å². The number of hydrogen-bond acceptors (Lipinski definition) is 4. The zero-order valence-corrected chi connectivity index (χ0v) is 18.8. The molecule has 0 saturated carbocycles. The Kier molecular flexibility index (Phi) is 6.63. The summed E-state index contributed by atoms with van der Waals surface area (Å²) < 4.78 is 33.6. The van der Waals surface area contributed by atoms with Crippen LogP contribution in [0.5, 0.6) is 11.5 Å². The number of ether oxygens (including phenoxy) is 1. The minimum atomic E-state index is -3.81. The Morgan fingerprint density at radius 2 is 1.42 bits per heavy atom. The molecule has 0 radical (unpaired) electrons. The van der Waals surface area contributed by atoms with Crippen LogP contribution in [-0.4, -0.2) is 14.3 Å². The van der Waals surface area contributed by atoms with Crippen LogP contribution in [0.4, 0.5) is 11.4 Å². The van der Waals surface area contributed by atoms with E-state index in [0.717, 1.165) is 0 Å². The molecule has 4 rings (SSSR count). The van der Waals surface area contributed by atoms with Gasteiger partial charge in [-0.25, -0.2) is 8.42 Å². The molecule has 4 aromatic carbocycles. The molecule has 4 aromatic rings. The Balaban J connectivity index is 1.56. The Labute approximate surface area is 196 Å². The minimum absolute atomic E-state index is 0.109. The van der Waals surface area contributed by atoms with Crippen LogP contribution in [0.3, 0.4) is 0 Å². The molecule has 8 heteroatoms. The van der Waals surface area contributed by atoms with E-state index in [-0.39, 0.29) is 21.2 Å². The molecule has 2 N–H and O–H groups in total. The average molecular weight is 479 g/mol. The van der Waals surface area contributed by atoms with Crippen LogP contribution in [0.25, 0.3) is 0 Å². The first kappa shape index (κ1) is 22.4. The highest BCUT2D eigenvalue weighted by molar-refractivity contribution is 7.92. The van der Waals surface area contributed by atoms with E-state index in [1.807, 2.05) is 18.2 Å². The van der Waals surface area contributed by atoms with Crippen LogP contribution in [0.1, 0.15) is 10.4 Å². The van der Waals surface area contributed by atoms with E-state index in [0.29, 0.717) is 17.2 Å². The normalized spacial score (nSPS) is 10.9. The lowest BCUT2D eigenvalue weighted by Crippen LogP contribution is -2.16. The molecule has 33 heavy (non-hydrogen) atoms. The summed E-state index contributed by atoms with van der Waals surface area (Å²) in [6.45, 7) is 0. The van der Waals surface area contributed by atoms with Gasteiger partial charge in [-0.3, -0.25) is 9.52 Å². The summed E-state index contributed by atoms with van der Waals surface area (Å²) in [7, 11) is -3.81. The first-order valence-electron chi connectivity index (χ1n) is 9.93. The average Bonchev–Trinajstić information content (AvgIpc) is 2.82. The molecule has 0 aliphatic heterocycles. The molecular formula is C25H19ClN2O4S. The van der Waals surface area contributed by atoms with Gasteiger partial charge in [0.15, 0.2) is 5.75 Å². The SMILES string of the molecule is O=C(Nc1ccccc1Oc1ccccc1)c1cc(NS(=O)(=O)c2ccccc2)ccc1Cl. The molecule has 0 aliphatic rings. The Morgan fingerprint density at radius 1 is 0.788 bits per heavy atom. The zero-order chi connectivity index (χ0) is 23.3. The molecule has 0 bridgehead atoms. The lowest BCUT2D eigenvalue weighted by Gasteiger charge is -2.14. The molecule has 1 amide bonds. The zero-order valence-electron chi connectivity index (χ0n) is 17.2. The number of anilines is 2. The number of sulfonamides is 1. The van der Waals surface area contributed by atoms with Crippen molar-refractivity contribution in [1.29, 1.82) is 0 Å². The number of benzene rings is 4. The van der Waals surface area contributed by atoms with Crippen LogP contribution >= 0.6 is 11.6 Å². The highest BCUT2D eigenvalue weighted by Crippen LogP contribution is 2.30. The Morgan fingerprint density at radius 3 is 2.15 bits per heavy atom. The number of rotatable bonds is 7. The second kappa shape index (κ2) is 9.77. The highest BCUT2D eigenvalue weighted by atomic mass is 35.5. The minimum Gasteiger partial charge on any atom is -0.455 e. The van der Waals surface area contributed by atoms with Gasteiger partial charge in [0.25, 0.3) is 15.9 Å². The maximum Gasteiger partial charge on any atom is 0.261 e. The van der Waals surface area contributed by atoms with Crippen LogP contribution in [-0.2, 0) is 10.0 Å². The van der Waals surface area contributed by atoms with E-state index in [4.69, 9.17) is 16.3 Å². The van der Waals surface area contributed by atoms with Crippen LogP contribution in [0.2, 0.25) is 5.02 Å². The maximum atomic E-state index is 13.0. The van der Waals surface area contributed by atoms with Gasteiger partial charge in [0.2, 0.25) is 0 Å². The standard InChI is InChI=1S/C25H19ClN2O4S/c26-22-16-15-18(28-33(30,31)20-11-5-2-6-12-20)17-21(22)25(29)27-23-13-7-8-14-24(23)32-19-9-3-1-4-10-19/h1-17,28H,(H,27,29). The summed E-state index contributed by atoms with van der Waals surface area (Å²) in [6, 6.07) is 28.5. The van der Waals surface area contributed by atoms with E-state index in [1.54, 1.807) is 54.6 Å². The first-order valence-corrected chi connectivity index (χ1v) is 11.8. The predicted molar refractivity (Wildman–Crippen MR) is 130 cm³/mol. The number of amides is 1. The van der Waals surface area contributed by atoms with Crippen LogP contribution < -0.4 is 14.8 Å². The summed E-state index contributed by atoms with van der Waals surface area (Å²) in [5.74, 6) is 0.563. The molecule has 6 nitrogen and oxygen atoms in total. The third kappa shape index (κ3) is 5.52. The number of carbonyl (C=O) groups excluding carboxylic acids is 1. The van der Waals surface area contributed by atoms with Crippen LogP contribution in [0, 0.1) is 0 Å². The fourth-order valence-corrected chi connectivity index (χ4v) is 4.31. The number of carbonyl (C=O) groups is 1. The van der Waals surface area contributed by atoms with Gasteiger partial charge < -0.3 is 10.1 Å². The maximum absolute atomic E-state index is 13.0. The number of nitrogens with one attached hydrogen (secondary N) is 2. The fourth-order valence-electron chi connectivity index (χ4n) is 3.04. The van der Waals surface area contributed by atoms with Crippen molar-refractivity contribution in [3.63, 3.8) is 0 Å². The largest absolute Gasteiger partial charge is 0.455 e. The molecule has 0 aliphatic carbocycles. The Bertz CT molecular complexity index is 1380. The second-order valence-electron chi connectivity index (χ2n) is 6.98. The quantitative estimate of drug-likeness (QED) is 0.332. The van der Waals surface area contributed by atoms with Crippen molar-refractivity contribution in [3.05, 3.63) is 114 Å². The molecule has 0 unspecified atom stereocenters. The summed E-state index contributed by atoms with van der Waals surface area (Å²) in [5.41, 5.74) is 0.763. The molecular weight excluding hydrogens is 460 g/mol. The Hall–Kier alpha value is -3.81. The van der Waals surface area contributed by atoms with Crippen molar-refractivity contribution < 1.29 is 17.9 Å². The van der Waals surface area contributed by atoms with Gasteiger partial charge in [0.1, 0.15) is 5.75 Å². The smallest absolute Gasteiger partial charge is 0.261 e. The van der Waals surface area contributed by atoms with Crippen molar-refractivity contribution in [1.82, 2.24) is 0 Å². The van der Waals surface area contributed by atoms with Gasteiger partial charge in [-0.1, -0.05) is 60.1 Å². The van der Waals surface area contributed by atoms with Crippen molar-refractivity contribution in [2.24, 2.45) is 0 Å². The molecule has 0 saturated heterocycles. The van der Waals surface area contributed by atoms with Crippen molar-refractivity contribution in [3.8, 4) is 11.5 Å². The number of halogens is 1. The van der Waals surface area contributed by atoms with Crippen molar-refractivity contribution in [2.75, 3.05) is 10.0 Å². The summed E-state index contributed by atoms with van der Waals surface area (Å²) in [5, 5.41) is 2.96. The monoisotopic (exact) mass is 478 g/mol. The summed E-state index contributed by atoms with van der Waals surface area (Å²) >= 11 is 6.25. The molecule has 0 aromatic heterocycles. The second-order valence-corrected chi connectivity index (χ2v) is 9.07. The van der Waals surface area contributed by atoms with E-state index in [9.17, 15) is 13.2 Å². The molecule has 0 heterocycles. The third-order valence-electron chi connectivity index (χ3n) is 4.62. The lowest BCUT2D eigenvalue weighted by atomic mass is 10.2. The molecule has 0 atom stereocenters. The van der Waals surface area contributed by atoms with Gasteiger partial charge in [-0.2, -0.15) is 0 Å². The fraction of sp³-hybridized carbons (Fsp3) is 0. The topological polar surface area (TPSA) is 84.5 Å². The van der Waals surface area contributed by atoms with E-state index in [1.165, 1.54) is 30.3 Å². The molecule has 0 spiro atoms. The van der Waals surface area contributed by atoms with Gasteiger partial charge in [-0.05, 0) is 54.6 Å². The van der Waals surface area contributed by atoms with Gasteiger partial charge in [-0.15, -0.1) is 0 Å². The summed E-state index contributed by atoms with van der Waals surface area (Å²) in [6.07, 6.45) is 0. The summed E-state index contributed by atoms with van der Waals surface area (Å²) in [4.78, 5) is 13.1.